The Morgan fingerprint density at radius 2 is 2.00 bits per heavy atom. The molecule has 1 aliphatic heterocycles. The minimum Gasteiger partial charge on any atom is -0.250 e. The van der Waals surface area contributed by atoms with Gasteiger partial charge in [0, 0.05) is 45.0 Å². The maximum Gasteiger partial charge on any atom is 0.281 e. The highest BCUT2D eigenvalue weighted by Crippen LogP contribution is 2.35. The van der Waals surface area contributed by atoms with Gasteiger partial charge in [0.05, 0.1) is 11.4 Å². The summed E-state index contributed by atoms with van der Waals surface area (Å²) in [5.74, 6) is 0. The Kier molecular flexibility index (Phi) is 4.17. The molecule has 1 saturated heterocycles. The summed E-state index contributed by atoms with van der Waals surface area (Å²) in [7, 11) is 1.63. The second kappa shape index (κ2) is 5.79. The third-order valence-corrected chi connectivity index (χ3v) is 6.83. The van der Waals surface area contributed by atoms with Gasteiger partial charge in [-0.1, -0.05) is 6.92 Å². The van der Waals surface area contributed by atoms with E-state index in [1.54, 1.807) is 23.1 Å². The van der Waals surface area contributed by atoms with Gasteiger partial charge < -0.3 is 0 Å². The first-order chi connectivity index (χ1) is 11.1. The summed E-state index contributed by atoms with van der Waals surface area (Å²) in [6.45, 7) is 5.07. The third kappa shape index (κ3) is 2.72. The van der Waals surface area contributed by atoms with Crippen molar-refractivity contribution in [3.8, 4) is 0 Å². The van der Waals surface area contributed by atoms with Crippen LogP contribution < -0.4 is 0 Å². The van der Waals surface area contributed by atoms with Crippen molar-refractivity contribution in [2.24, 2.45) is 7.05 Å². The molecule has 0 radical (unpaired) electrons. The molecular weight excluding hydrogens is 326 g/mol. The molecule has 0 amide bonds. The van der Waals surface area contributed by atoms with E-state index in [4.69, 9.17) is 4.98 Å². The van der Waals surface area contributed by atoms with E-state index in [0.29, 0.717) is 13.1 Å². The zero-order valence-electron chi connectivity index (χ0n) is 14.9. The van der Waals surface area contributed by atoms with Crippen molar-refractivity contribution in [1.29, 1.82) is 0 Å². The molecule has 0 aromatic carbocycles. The molecule has 24 heavy (non-hydrogen) atoms. The number of aromatic nitrogens is 3. The molecule has 0 bridgehead atoms. The summed E-state index contributed by atoms with van der Waals surface area (Å²) in [6, 6.07) is 4.06. The molecule has 3 rings (SSSR count). The zero-order chi connectivity index (χ0) is 17.7. The van der Waals surface area contributed by atoms with Gasteiger partial charge >= 0.3 is 0 Å². The van der Waals surface area contributed by atoms with Crippen LogP contribution in [0.25, 0.3) is 11.0 Å². The minimum atomic E-state index is -3.40. The maximum atomic E-state index is 12.5. The molecule has 0 unspecified atom stereocenters. The van der Waals surface area contributed by atoms with Gasteiger partial charge in [-0.2, -0.15) is 22.1 Å². The second-order valence-corrected chi connectivity index (χ2v) is 9.21. The van der Waals surface area contributed by atoms with E-state index >= 15 is 0 Å². The van der Waals surface area contributed by atoms with Crippen LogP contribution >= 0.6 is 0 Å². The first kappa shape index (κ1) is 17.3. The summed E-state index contributed by atoms with van der Waals surface area (Å²) < 4.78 is 29.6. The van der Waals surface area contributed by atoms with Gasteiger partial charge in [0.25, 0.3) is 10.2 Å². The number of aryl methyl sites for hydroxylation is 2. The number of fused-ring (bicyclic) bond motifs is 1. The molecule has 2 aromatic heterocycles. The molecule has 1 atom stereocenters. The van der Waals surface area contributed by atoms with Crippen molar-refractivity contribution >= 4 is 21.2 Å². The molecular formula is C16H25N5O2S. The van der Waals surface area contributed by atoms with Gasteiger partial charge in [-0.15, -0.1) is 0 Å². The van der Waals surface area contributed by atoms with E-state index in [2.05, 4.69) is 12.0 Å². The summed E-state index contributed by atoms with van der Waals surface area (Å²) in [5.41, 5.74) is 2.43. The van der Waals surface area contributed by atoms with Crippen LogP contribution in [0.1, 0.15) is 31.2 Å². The first-order valence-electron chi connectivity index (χ1n) is 8.13. The van der Waals surface area contributed by atoms with E-state index < -0.39 is 10.2 Å². The van der Waals surface area contributed by atoms with Crippen LogP contribution in [0.3, 0.4) is 0 Å². The number of hydrogen-bond acceptors (Lipinski definition) is 4. The predicted octanol–water partition coefficient (Wildman–Crippen LogP) is 1.44. The normalized spacial score (nSPS) is 23.2. The van der Waals surface area contributed by atoms with Crippen molar-refractivity contribution in [2.75, 3.05) is 27.2 Å². The van der Waals surface area contributed by atoms with Crippen LogP contribution in [-0.2, 0) is 22.7 Å². The van der Waals surface area contributed by atoms with Gasteiger partial charge in [-0.3, -0.25) is 4.68 Å². The topological polar surface area (TPSA) is 71.3 Å². The SMILES string of the molecule is Cc1nn(C)c2nc([C@@]3(C)CCCN(S(=O)(=O)N(C)C)C3)ccc12. The summed E-state index contributed by atoms with van der Waals surface area (Å²) in [5, 5.41) is 5.46. The second-order valence-electron chi connectivity index (χ2n) is 7.06. The third-order valence-electron chi connectivity index (χ3n) is 4.94. The van der Waals surface area contributed by atoms with Crippen LogP contribution in [0, 0.1) is 6.92 Å². The van der Waals surface area contributed by atoms with Crippen molar-refractivity contribution in [2.45, 2.75) is 32.1 Å². The zero-order valence-corrected chi connectivity index (χ0v) is 15.8. The van der Waals surface area contributed by atoms with E-state index in [0.717, 1.165) is 35.3 Å². The smallest absolute Gasteiger partial charge is 0.250 e. The largest absolute Gasteiger partial charge is 0.281 e. The standard InChI is InChI=1S/C16H25N5O2S/c1-12-13-7-8-14(17-15(13)20(5)18-12)16(2)9-6-10-21(11-16)24(22,23)19(3)4/h7-8H,6,9-11H2,1-5H3/t16-/m0/s1. The highest BCUT2D eigenvalue weighted by atomic mass is 32.2. The number of pyridine rings is 1. The average molecular weight is 351 g/mol. The van der Waals surface area contributed by atoms with Crippen molar-refractivity contribution in [3.63, 3.8) is 0 Å². The van der Waals surface area contributed by atoms with E-state index in [1.165, 1.54) is 4.31 Å². The lowest BCUT2D eigenvalue weighted by molar-refractivity contribution is 0.227. The number of piperidine rings is 1. The number of rotatable bonds is 3. The molecule has 1 aliphatic rings. The van der Waals surface area contributed by atoms with Crippen LogP contribution in [0.4, 0.5) is 0 Å². The van der Waals surface area contributed by atoms with Gasteiger partial charge in [0.1, 0.15) is 0 Å². The lowest BCUT2D eigenvalue weighted by Gasteiger charge is -2.40. The first-order valence-corrected chi connectivity index (χ1v) is 9.53. The summed E-state index contributed by atoms with van der Waals surface area (Å²) in [4.78, 5) is 4.82. The Labute approximate surface area is 143 Å². The predicted molar refractivity (Wildman–Crippen MR) is 94.0 cm³/mol. The van der Waals surface area contributed by atoms with E-state index in [9.17, 15) is 8.42 Å². The van der Waals surface area contributed by atoms with Crippen LogP contribution in [-0.4, -0.2) is 59.0 Å². The molecule has 0 aliphatic carbocycles. The summed E-state index contributed by atoms with van der Waals surface area (Å²) >= 11 is 0. The monoisotopic (exact) mass is 351 g/mol. The highest BCUT2D eigenvalue weighted by Gasteiger charge is 2.39. The fourth-order valence-electron chi connectivity index (χ4n) is 3.47. The van der Waals surface area contributed by atoms with E-state index in [-0.39, 0.29) is 5.41 Å². The van der Waals surface area contributed by atoms with Gasteiger partial charge in [-0.25, -0.2) is 4.98 Å². The minimum absolute atomic E-state index is 0.298. The highest BCUT2D eigenvalue weighted by molar-refractivity contribution is 7.86. The number of nitrogens with zero attached hydrogens (tertiary/aromatic N) is 5. The summed E-state index contributed by atoms with van der Waals surface area (Å²) in [6.07, 6.45) is 1.75. The lowest BCUT2D eigenvalue weighted by Crippen LogP contribution is -2.50. The van der Waals surface area contributed by atoms with Crippen molar-refractivity contribution < 1.29 is 8.42 Å². The average Bonchev–Trinajstić information content (AvgIpc) is 2.81. The molecule has 0 spiro atoms. The fourth-order valence-corrected chi connectivity index (χ4v) is 4.74. The Bertz CT molecular complexity index is 874. The van der Waals surface area contributed by atoms with Gasteiger partial charge in [0.2, 0.25) is 0 Å². The van der Waals surface area contributed by atoms with Gasteiger partial charge in [-0.05, 0) is 31.9 Å². The molecule has 0 N–H and O–H groups in total. The molecule has 1 fully saturated rings. The lowest BCUT2D eigenvalue weighted by atomic mass is 9.79. The Morgan fingerprint density at radius 1 is 1.29 bits per heavy atom. The quantitative estimate of drug-likeness (QED) is 0.839. The molecule has 7 nitrogen and oxygen atoms in total. The maximum absolute atomic E-state index is 12.5. The van der Waals surface area contributed by atoms with Crippen LogP contribution in [0.15, 0.2) is 12.1 Å². The van der Waals surface area contributed by atoms with E-state index in [1.807, 2.05) is 26.1 Å². The van der Waals surface area contributed by atoms with Crippen LogP contribution in [0.5, 0.6) is 0 Å². The Hall–Kier alpha value is -1.51. The Morgan fingerprint density at radius 3 is 2.67 bits per heavy atom. The van der Waals surface area contributed by atoms with Gasteiger partial charge in [0.15, 0.2) is 5.65 Å². The van der Waals surface area contributed by atoms with Crippen LogP contribution in [0.2, 0.25) is 0 Å². The number of hydrogen-bond donors (Lipinski definition) is 0. The molecule has 8 heteroatoms. The Balaban J connectivity index is 2.00. The molecule has 3 heterocycles. The van der Waals surface area contributed by atoms with Crippen molar-refractivity contribution in [3.05, 3.63) is 23.5 Å². The molecule has 2 aromatic rings. The molecule has 0 saturated carbocycles. The molecule has 132 valence electrons. The van der Waals surface area contributed by atoms with Crippen molar-refractivity contribution in [1.82, 2.24) is 23.4 Å². The fraction of sp³-hybridized carbons (Fsp3) is 0.625.